The number of carboxylic acid groups (broad SMARTS) is 2. The second-order valence-corrected chi connectivity index (χ2v) is 9.60. The molecule has 4 nitrogen and oxygen atoms in total. The second-order valence-electron chi connectivity index (χ2n) is 4.58. The van der Waals surface area contributed by atoms with Crippen molar-refractivity contribution in [2.45, 2.75) is 33.5 Å². The molecular formula is C11H20O4Si. The molecule has 0 spiro atoms. The number of hydrogen-bond donors (Lipinski definition) is 2. The van der Waals surface area contributed by atoms with Gasteiger partial charge in [-0.15, -0.1) is 0 Å². The molecule has 2 N–H and O–H groups in total. The Morgan fingerprint density at radius 2 is 1.38 bits per heavy atom. The first-order chi connectivity index (χ1) is 6.97. The summed E-state index contributed by atoms with van der Waals surface area (Å²) >= 11 is 0. The lowest BCUT2D eigenvalue weighted by Gasteiger charge is -2.09. The van der Waals surface area contributed by atoms with Gasteiger partial charge >= 0.3 is 11.9 Å². The minimum atomic E-state index is -1.33. The topological polar surface area (TPSA) is 74.6 Å². The molecule has 0 saturated carbocycles. The van der Waals surface area contributed by atoms with E-state index in [0.29, 0.717) is 5.57 Å². The van der Waals surface area contributed by atoms with Gasteiger partial charge in [0.05, 0.1) is 8.07 Å². The van der Waals surface area contributed by atoms with Crippen LogP contribution in [-0.2, 0) is 9.59 Å². The van der Waals surface area contributed by atoms with Crippen molar-refractivity contribution in [3.8, 4) is 0 Å². The summed E-state index contributed by atoms with van der Waals surface area (Å²) in [5.41, 5.74) is 2.53. The maximum atomic E-state index is 10.3. The molecule has 0 atom stereocenters. The van der Waals surface area contributed by atoms with Gasteiger partial charge in [-0.2, -0.15) is 0 Å². The fourth-order valence-electron chi connectivity index (χ4n) is 0.711. The molecule has 0 saturated heterocycles. The van der Waals surface area contributed by atoms with Crippen LogP contribution >= 0.6 is 0 Å². The highest BCUT2D eigenvalue weighted by Crippen LogP contribution is 2.06. The van der Waals surface area contributed by atoms with E-state index in [0.717, 1.165) is 0 Å². The van der Waals surface area contributed by atoms with Crippen molar-refractivity contribution in [2.75, 3.05) is 0 Å². The molecule has 5 heteroatoms. The number of rotatable bonds is 3. The van der Waals surface area contributed by atoms with Crippen LogP contribution in [-0.4, -0.2) is 30.2 Å². The number of hydrogen-bond acceptors (Lipinski definition) is 2. The summed E-state index contributed by atoms with van der Waals surface area (Å²) in [6, 6.07) is 0. The molecular weight excluding hydrogens is 224 g/mol. The maximum Gasteiger partial charge on any atom is 0.330 e. The summed E-state index contributed by atoms with van der Waals surface area (Å²) in [6.07, 6.45) is 0. The second kappa shape index (κ2) is 7.00. The smallest absolute Gasteiger partial charge is 0.330 e. The van der Waals surface area contributed by atoms with Crippen molar-refractivity contribution in [3.05, 3.63) is 23.4 Å². The Hall–Kier alpha value is -1.36. The Labute approximate surface area is 97.3 Å². The molecule has 16 heavy (non-hydrogen) atoms. The molecule has 0 aliphatic carbocycles. The van der Waals surface area contributed by atoms with E-state index in [9.17, 15) is 9.59 Å². The van der Waals surface area contributed by atoms with Crippen LogP contribution in [0.3, 0.4) is 0 Å². The fraction of sp³-hybridized carbons (Fsp3) is 0.455. The van der Waals surface area contributed by atoms with Crippen molar-refractivity contribution >= 4 is 20.0 Å². The molecule has 0 radical (unpaired) electrons. The third kappa shape index (κ3) is 12.6. The first-order valence-electron chi connectivity index (χ1n) is 4.79. The van der Waals surface area contributed by atoms with Gasteiger partial charge in [0.1, 0.15) is 0 Å². The van der Waals surface area contributed by atoms with Gasteiger partial charge in [-0.25, -0.2) is 9.59 Å². The maximum absolute atomic E-state index is 10.3. The van der Waals surface area contributed by atoms with Gasteiger partial charge in [0.15, 0.2) is 0 Å². The lowest BCUT2D eigenvalue weighted by atomic mass is 10.4. The summed E-state index contributed by atoms with van der Waals surface area (Å²) in [6.45, 7) is 12.6. The summed E-state index contributed by atoms with van der Waals surface area (Å²) in [5, 5.41) is 16.4. The summed E-state index contributed by atoms with van der Waals surface area (Å²) in [7, 11) is -1.33. The average Bonchev–Trinajstić information content (AvgIpc) is 2.01. The van der Waals surface area contributed by atoms with E-state index < -0.39 is 20.0 Å². The lowest BCUT2D eigenvalue weighted by molar-refractivity contribution is -0.133. The molecule has 0 rings (SSSR count). The Morgan fingerprint density at radius 3 is 1.44 bits per heavy atom. The first kappa shape index (κ1) is 17.0. The fourth-order valence-corrected chi connectivity index (χ4v) is 2.13. The summed E-state index contributed by atoms with van der Waals surface area (Å²) in [5.74, 6) is -1.74. The molecule has 0 unspecified atom stereocenters. The first-order valence-corrected chi connectivity index (χ1v) is 8.36. The molecule has 0 aromatic rings. The zero-order valence-electron chi connectivity index (χ0n) is 10.5. The molecule has 0 aromatic heterocycles. The average molecular weight is 244 g/mol. The van der Waals surface area contributed by atoms with Crippen LogP contribution in [0.1, 0.15) is 13.8 Å². The van der Waals surface area contributed by atoms with Crippen LogP contribution in [0.25, 0.3) is 0 Å². The van der Waals surface area contributed by atoms with Gasteiger partial charge in [0.25, 0.3) is 0 Å². The number of carboxylic acids is 2. The van der Waals surface area contributed by atoms with E-state index in [1.54, 1.807) is 6.92 Å². The highest BCUT2D eigenvalue weighted by molar-refractivity contribution is 6.81. The van der Waals surface area contributed by atoms with E-state index in [2.05, 4.69) is 26.2 Å². The van der Waals surface area contributed by atoms with Gasteiger partial charge in [0.2, 0.25) is 0 Å². The van der Waals surface area contributed by atoms with Crippen molar-refractivity contribution in [3.63, 3.8) is 0 Å². The van der Waals surface area contributed by atoms with Gasteiger partial charge in [-0.1, -0.05) is 31.9 Å². The molecule has 0 fully saturated rings. The van der Waals surface area contributed by atoms with Crippen LogP contribution in [0.15, 0.2) is 23.4 Å². The van der Waals surface area contributed by atoms with Gasteiger partial charge in [-0.3, -0.25) is 0 Å². The van der Waals surface area contributed by atoms with Crippen molar-refractivity contribution < 1.29 is 19.8 Å². The van der Waals surface area contributed by atoms with E-state index in [-0.39, 0.29) is 5.57 Å². The predicted octanol–water partition coefficient (Wildman–Crippen LogP) is 2.54. The highest BCUT2D eigenvalue weighted by Gasteiger charge is 2.11. The molecule has 0 aromatic carbocycles. The monoisotopic (exact) mass is 244 g/mol. The van der Waals surface area contributed by atoms with Gasteiger partial charge in [-0.05, 0) is 13.8 Å². The Bertz CT molecular complexity index is 298. The van der Waals surface area contributed by atoms with Crippen molar-refractivity contribution in [1.82, 2.24) is 0 Å². The quantitative estimate of drug-likeness (QED) is 0.591. The molecule has 92 valence electrons. The van der Waals surface area contributed by atoms with Crippen LogP contribution in [0, 0.1) is 0 Å². The zero-order chi connectivity index (χ0) is 13.5. The summed E-state index contributed by atoms with van der Waals surface area (Å²) < 4.78 is 0. The van der Waals surface area contributed by atoms with Crippen LogP contribution in [0.5, 0.6) is 0 Å². The van der Waals surface area contributed by atoms with E-state index in [1.165, 1.54) is 6.92 Å². The number of aliphatic carboxylic acids is 2. The normalized spacial score (nSPS) is 11.2. The van der Waals surface area contributed by atoms with Gasteiger partial charge in [0, 0.05) is 11.1 Å². The third-order valence-electron chi connectivity index (χ3n) is 1.35. The number of carbonyl (C=O) groups is 2. The van der Waals surface area contributed by atoms with Crippen molar-refractivity contribution in [1.29, 1.82) is 0 Å². The van der Waals surface area contributed by atoms with E-state index in [4.69, 9.17) is 10.2 Å². The zero-order valence-corrected chi connectivity index (χ0v) is 11.5. The van der Waals surface area contributed by atoms with E-state index >= 15 is 0 Å². The Morgan fingerprint density at radius 1 is 1.06 bits per heavy atom. The van der Waals surface area contributed by atoms with Crippen molar-refractivity contribution in [2.24, 2.45) is 0 Å². The van der Waals surface area contributed by atoms with Crippen LogP contribution < -0.4 is 0 Å². The molecule has 0 aliphatic rings. The van der Waals surface area contributed by atoms with Gasteiger partial charge < -0.3 is 10.2 Å². The molecule has 0 heterocycles. The minimum absolute atomic E-state index is 0.176. The SMILES string of the molecule is C=C(C)C(=O)O.CC(=C[Si](C)(C)C)C(=O)O. The Kier molecular flexibility index (Phi) is 7.46. The van der Waals surface area contributed by atoms with E-state index in [1.807, 2.05) is 5.70 Å². The molecule has 0 bridgehead atoms. The highest BCUT2D eigenvalue weighted by atomic mass is 28.3. The predicted molar refractivity (Wildman–Crippen MR) is 67.2 cm³/mol. The largest absolute Gasteiger partial charge is 0.478 e. The molecule has 0 amide bonds. The summed E-state index contributed by atoms with van der Waals surface area (Å²) in [4.78, 5) is 19.9. The van der Waals surface area contributed by atoms with Crippen LogP contribution in [0.2, 0.25) is 19.6 Å². The lowest BCUT2D eigenvalue weighted by Crippen LogP contribution is -2.18. The Balaban J connectivity index is 0. The molecule has 0 aliphatic heterocycles. The van der Waals surface area contributed by atoms with Crippen LogP contribution in [0.4, 0.5) is 0 Å². The third-order valence-corrected chi connectivity index (χ3v) is 2.65. The standard InChI is InChI=1S/C7H14O2Si.C4H6O2/c1-6(7(8)9)5-10(2,3)4;1-3(2)4(5)6/h5H,1-4H3,(H,8,9);1H2,2H3,(H,5,6). The minimum Gasteiger partial charge on any atom is -0.478 e.